The summed E-state index contributed by atoms with van der Waals surface area (Å²) in [5.41, 5.74) is 6.97. The van der Waals surface area contributed by atoms with Gasteiger partial charge in [0.05, 0.1) is 6.21 Å². The van der Waals surface area contributed by atoms with Crippen LogP contribution in [0.1, 0.15) is 22.3 Å². The van der Waals surface area contributed by atoms with Crippen molar-refractivity contribution in [1.82, 2.24) is 5.43 Å². The number of carbonyl (C=O) groups excluding carboxylic acids is 1. The van der Waals surface area contributed by atoms with E-state index in [4.69, 9.17) is 4.74 Å². The van der Waals surface area contributed by atoms with Gasteiger partial charge in [-0.2, -0.15) is 5.10 Å². The summed E-state index contributed by atoms with van der Waals surface area (Å²) in [6, 6.07) is 11.5. The van der Waals surface area contributed by atoms with Crippen molar-refractivity contribution in [3.63, 3.8) is 0 Å². The molecule has 0 fully saturated rings. The third-order valence-electron chi connectivity index (χ3n) is 3.29. The molecule has 5 heteroatoms. The third kappa shape index (κ3) is 5.21. The van der Waals surface area contributed by atoms with E-state index in [1.807, 2.05) is 26.0 Å². The number of hydrogen-bond donors (Lipinski definition) is 1. The Balaban J connectivity index is 1.89. The standard InChI is InChI=1S/C18H19BrN2O2/c1-12-7-13(2)17(14(3)8-12)10-20-21-18(22)11-23-16-6-4-5-15(19)9-16/h4-10H,11H2,1-3H3,(H,21,22). The van der Waals surface area contributed by atoms with E-state index in [0.29, 0.717) is 5.75 Å². The number of hydrazone groups is 1. The predicted octanol–water partition coefficient (Wildman–Crippen LogP) is 3.90. The van der Waals surface area contributed by atoms with Gasteiger partial charge in [0.1, 0.15) is 5.75 Å². The Labute approximate surface area is 144 Å². The Morgan fingerprint density at radius 1 is 1.22 bits per heavy atom. The van der Waals surface area contributed by atoms with Crippen LogP contribution in [0.5, 0.6) is 5.75 Å². The van der Waals surface area contributed by atoms with Crippen LogP contribution in [0.3, 0.4) is 0 Å². The smallest absolute Gasteiger partial charge is 0.277 e. The van der Waals surface area contributed by atoms with Crippen LogP contribution in [0.25, 0.3) is 0 Å². The van der Waals surface area contributed by atoms with Crippen LogP contribution in [0.2, 0.25) is 0 Å². The van der Waals surface area contributed by atoms with Gasteiger partial charge in [0.2, 0.25) is 0 Å². The molecule has 1 amide bonds. The lowest BCUT2D eigenvalue weighted by molar-refractivity contribution is -0.123. The van der Waals surface area contributed by atoms with Crippen LogP contribution in [-0.2, 0) is 4.79 Å². The minimum absolute atomic E-state index is 0.0837. The summed E-state index contributed by atoms with van der Waals surface area (Å²) in [7, 11) is 0. The number of benzene rings is 2. The number of rotatable bonds is 5. The first-order chi connectivity index (χ1) is 11.0. The van der Waals surface area contributed by atoms with Crippen molar-refractivity contribution in [2.24, 2.45) is 5.10 Å². The highest BCUT2D eigenvalue weighted by Gasteiger charge is 2.03. The molecule has 0 aromatic heterocycles. The monoisotopic (exact) mass is 374 g/mol. The predicted molar refractivity (Wildman–Crippen MR) is 96.0 cm³/mol. The normalized spacial score (nSPS) is 10.8. The number of amides is 1. The van der Waals surface area contributed by atoms with Crippen molar-refractivity contribution in [3.05, 3.63) is 63.1 Å². The summed E-state index contributed by atoms with van der Waals surface area (Å²) in [5.74, 6) is 0.326. The highest BCUT2D eigenvalue weighted by molar-refractivity contribution is 9.10. The molecule has 0 aliphatic rings. The van der Waals surface area contributed by atoms with Gasteiger partial charge in [-0.15, -0.1) is 0 Å². The number of ether oxygens (including phenoxy) is 1. The summed E-state index contributed by atoms with van der Waals surface area (Å²) in [4.78, 5) is 11.8. The van der Waals surface area contributed by atoms with Crippen molar-refractivity contribution in [1.29, 1.82) is 0 Å². The molecule has 0 radical (unpaired) electrons. The van der Waals surface area contributed by atoms with Crippen LogP contribution in [0.4, 0.5) is 0 Å². The molecule has 0 saturated carbocycles. The molecule has 0 heterocycles. The van der Waals surface area contributed by atoms with Crippen molar-refractivity contribution in [2.45, 2.75) is 20.8 Å². The summed E-state index contributed by atoms with van der Waals surface area (Å²) < 4.78 is 6.30. The molecule has 0 aliphatic heterocycles. The lowest BCUT2D eigenvalue weighted by Gasteiger charge is -2.07. The fourth-order valence-corrected chi connectivity index (χ4v) is 2.68. The molecule has 0 bridgehead atoms. The summed E-state index contributed by atoms with van der Waals surface area (Å²) in [5, 5.41) is 4.01. The lowest BCUT2D eigenvalue weighted by atomic mass is 10.0. The average molecular weight is 375 g/mol. The number of hydrogen-bond acceptors (Lipinski definition) is 3. The maximum Gasteiger partial charge on any atom is 0.277 e. The van der Waals surface area contributed by atoms with E-state index in [1.54, 1.807) is 18.3 Å². The molecule has 0 spiro atoms. The molecule has 0 unspecified atom stereocenters. The van der Waals surface area contributed by atoms with Crippen molar-refractivity contribution >= 4 is 28.1 Å². The van der Waals surface area contributed by atoms with Gasteiger partial charge in [0.15, 0.2) is 6.61 Å². The van der Waals surface area contributed by atoms with Gasteiger partial charge in [-0.3, -0.25) is 4.79 Å². The quantitative estimate of drug-likeness (QED) is 0.637. The Kier molecular flexibility index (Phi) is 5.93. The first kappa shape index (κ1) is 17.2. The van der Waals surface area contributed by atoms with Crippen LogP contribution in [0.15, 0.2) is 46.0 Å². The van der Waals surface area contributed by atoms with Crippen LogP contribution < -0.4 is 10.2 Å². The van der Waals surface area contributed by atoms with E-state index < -0.39 is 0 Å². The average Bonchev–Trinajstić information content (AvgIpc) is 2.48. The third-order valence-corrected chi connectivity index (χ3v) is 3.78. The van der Waals surface area contributed by atoms with E-state index in [9.17, 15) is 4.79 Å². The lowest BCUT2D eigenvalue weighted by Crippen LogP contribution is -2.24. The number of carbonyl (C=O) groups is 1. The van der Waals surface area contributed by atoms with Crippen molar-refractivity contribution in [3.8, 4) is 5.75 Å². The SMILES string of the molecule is Cc1cc(C)c(C=NNC(=O)COc2cccc(Br)c2)c(C)c1. The Morgan fingerprint density at radius 3 is 2.57 bits per heavy atom. The molecule has 2 aromatic carbocycles. The Bertz CT molecular complexity index is 719. The van der Waals surface area contributed by atoms with Crippen LogP contribution >= 0.6 is 15.9 Å². The zero-order valence-electron chi connectivity index (χ0n) is 13.4. The molecule has 23 heavy (non-hydrogen) atoms. The molecule has 0 saturated heterocycles. The minimum atomic E-state index is -0.302. The highest BCUT2D eigenvalue weighted by atomic mass is 79.9. The van der Waals surface area contributed by atoms with Crippen molar-refractivity contribution < 1.29 is 9.53 Å². The molecular formula is C18H19BrN2O2. The fraction of sp³-hybridized carbons (Fsp3) is 0.222. The Morgan fingerprint density at radius 2 is 1.91 bits per heavy atom. The second-order valence-corrected chi connectivity index (χ2v) is 6.27. The van der Waals surface area contributed by atoms with Crippen LogP contribution in [0, 0.1) is 20.8 Å². The van der Waals surface area contributed by atoms with Gasteiger partial charge in [0, 0.05) is 10.0 Å². The second-order valence-electron chi connectivity index (χ2n) is 5.35. The van der Waals surface area contributed by atoms with Crippen LogP contribution in [-0.4, -0.2) is 18.7 Å². The van der Waals surface area contributed by atoms with Gasteiger partial charge in [0.25, 0.3) is 5.91 Å². The number of nitrogens with zero attached hydrogens (tertiary/aromatic N) is 1. The van der Waals surface area contributed by atoms with Gasteiger partial charge in [-0.25, -0.2) is 5.43 Å². The maximum atomic E-state index is 11.8. The highest BCUT2D eigenvalue weighted by Crippen LogP contribution is 2.17. The van der Waals surface area contributed by atoms with E-state index >= 15 is 0 Å². The molecule has 0 aliphatic carbocycles. The minimum Gasteiger partial charge on any atom is -0.484 e. The zero-order chi connectivity index (χ0) is 16.8. The van der Waals surface area contributed by atoms with Gasteiger partial charge < -0.3 is 4.74 Å². The summed E-state index contributed by atoms with van der Waals surface area (Å²) >= 11 is 3.35. The topological polar surface area (TPSA) is 50.7 Å². The number of halogens is 1. The summed E-state index contributed by atoms with van der Waals surface area (Å²) in [6.45, 7) is 6.03. The number of aryl methyl sites for hydroxylation is 3. The second kappa shape index (κ2) is 7.92. The zero-order valence-corrected chi connectivity index (χ0v) is 15.0. The first-order valence-corrected chi connectivity index (χ1v) is 8.03. The molecule has 2 aromatic rings. The van der Waals surface area contributed by atoms with E-state index in [2.05, 4.69) is 45.5 Å². The fourth-order valence-electron chi connectivity index (χ4n) is 2.30. The van der Waals surface area contributed by atoms with E-state index in [-0.39, 0.29) is 12.5 Å². The molecule has 4 nitrogen and oxygen atoms in total. The molecule has 2 rings (SSSR count). The molecule has 1 N–H and O–H groups in total. The summed E-state index contributed by atoms with van der Waals surface area (Å²) in [6.07, 6.45) is 1.67. The van der Waals surface area contributed by atoms with E-state index in [1.165, 1.54) is 5.56 Å². The molecular weight excluding hydrogens is 356 g/mol. The largest absolute Gasteiger partial charge is 0.484 e. The maximum absolute atomic E-state index is 11.8. The van der Waals surface area contributed by atoms with Gasteiger partial charge >= 0.3 is 0 Å². The van der Waals surface area contributed by atoms with E-state index in [0.717, 1.165) is 21.2 Å². The molecule has 0 atom stereocenters. The Hall–Kier alpha value is -2.14. The van der Waals surface area contributed by atoms with Gasteiger partial charge in [-0.1, -0.05) is 39.7 Å². The van der Waals surface area contributed by atoms with Crippen molar-refractivity contribution in [2.75, 3.05) is 6.61 Å². The molecule has 120 valence electrons. The van der Waals surface area contributed by atoms with Gasteiger partial charge in [-0.05, 0) is 50.1 Å². The first-order valence-electron chi connectivity index (χ1n) is 7.24. The number of nitrogens with one attached hydrogen (secondary N) is 1.